The predicted molar refractivity (Wildman–Crippen MR) is 85.0 cm³/mol. The number of aryl methyl sites for hydroxylation is 1. The first kappa shape index (κ1) is 14.7. The van der Waals surface area contributed by atoms with Gasteiger partial charge in [0.2, 0.25) is 0 Å². The Morgan fingerprint density at radius 1 is 1.19 bits per heavy atom. The number of hydrazone groups is 1. The summed E-state index contributed by atoms with van der Waals surface area (Å²) in [5.41, 5.74) is 5.89. The van der Waals surface area contributed by atoms with E-state index in [9.17, 15) is 4.79 Å². The highest BCUT2D eigenvalue weighted by atomic mass is 16.2. The molecular weight excluding hydrogens is 262 g/mol. The third-order valence-corrected chi connectivity index (χ3v) is 2.80. The number of carbonyl (C=O) groups excluding carboxylic acids is 1. The van der Waals surface area contributed by atoms with Crippen LogP contribution in [0.3, 0.4) is 0 Å². The van der Waals surface area contributed by atoms with Crippen LogP contribution in [0.2, 0.25) is 0 Å². The number of allylic oxidation sites excluding steroid dienone is 1. The monoisotopic (exact) mass is 279 g/mol. The van der Waals surface area contributed by atoms with Gasteiger partial charge >= 0.3 is 0 Å². The minimum Gasteiger partial charge on any atom is -0.267 e. The summed E-state index contributed by atoms with van der Waals surface area (Å²) in [6.07, 6.45) is 5.14. The van der Waals surface area contributed by atoms with E-state index in [1.807, 2.05) is 50.3 Å². The van der Waals surface area contributed by atoms with Crippen molar-refractivity contribution in [2.45, 2.75) is 13.8 Å². The number of carbonyl (C=O) groups is 1. The van der Waals surface area contributed by atoms with E-state index in [2.05, 4.69) is 15.5 Å². The highest BCUT2D eigenvalue weighted by Gasteiger charge is 2.03. The van der Waals surface area contributed by atoms with Crippen molar-refractivity contribution in [1.29, 1.82) is 0 Å². The minimum atomic E-state index is -0.272. The van der Waals surface area contributed by atoms with Gasteiger partial charge in [0.1, 0.15) is 0 Å². The smallest absolute Gasteiger partial charge is 0.267 e. The summed E-state index contributed by atoms with van der Waals surface area (Å²) in [7, 11) is 0. The van der Waals surface area contributed by atoms with Gasteiger partial charge in [-0.1, -0.05) is 36.4 Å². The van der Waals surface area contributed by atoms with Crippen LogP contribution >= 0.6 is 0 Å². The van der Waals surface area contributed by atoms with Crippen LogP contribution in [0.15, 0.2) is 59.3 Å². The van der Waals surface area contributed by atoms with Crippen LogP contribution in [0, 0.1) is 6.92 Å². The van der Waals surface area contributed by atoms with E-state index in [4.69, 9.17) is 0 Å². The Balaban J connectivity index is 1.94. The quantitative estimate of drug-likeness (QED) is 0.690. The molecule has 0 aliphatic rings. The van der Waals surface area contributed by atoms with Crippen molar-refractivity contribution in [3.63, 3.8) is 0 Å². The number of hydrogen-bond donors (Lipinski definition) is 1. The molecule has 0 radical (unpaired) electrons. The molecule has 0 aliphatic heterocycles. The molecule has 0 fully saturated rings. The maximum absolute atomic E-state index is 11.8. The van der Waals surface area contributed by atoms with E-state index in [1.165, 1.54) is 6.20 Å². The molecule has 106 valence electrons. The summed E-state index contributed by atoms with van der Waals surface area (Å²) >= 11 is 0. The minimum absolute atomic E-state index is 0.272. The van der Waals surface area contributed by atoms with Crippen molar-refractivity contribution >= 4 is 18.2 Å². The number of benzene rings is 1. The highest BCUT2D eigenvalue weighted by molar-refractivity contribution is 5.94. The van der Waals surface area contributed by atoms with Crippen LogP contribution in [0.25, 0.3) is 6.08 Å². The number of amides is 1. The summed E-state index contributed by atoms with van der Waals surface area (Å²) in [5, 5.41) is 3.95. The Bertz CT molecular complexity index is 658. The fraction of sp³-hybridized carbons (Fsp3) is 0.118. The van der Waals surface area contributed by atoms with E-state index in [0.717, 1.165) is 16.8 Å². The van der Waals surface area contributed by atoms with Gasteiger partial charge in [0.15, 0.2) is 0 Å². The van der Waals surface area contributed by atoms with E-state index in [0.29, 0.717) is 5.56 Å². The van der Waals surface area contributed by atoms with Crippen molar-refractivity contribution in [1.82, 2.24) is 10.4 Å². The Morgan fingerprint density at radius 3 is 2.62 bits per heavy atom. The molecule has 0 aliphatic carbocycles. The molecule has 0 spiro atoms. The lowest BCUT2D eigenvalue weighted by molar-refractivity contribution is 0.0955. The summed E-state index contributed by atoms with van der Waals surface area (Å²) in [6, 6.07) is 13.4. The molecule has 4 heteroatoms. The zero-order valence-electron chi connectivity index (χ0n) is 12.1. The van der Waals surface area contributed by atoms with E-state index in [1.54, 1.807) is 18.3 Å². The van der Waals surface area contributed by atoms with Crippen LogP contribution in [-0.2, 0) is 0 Å². The Kier molecular flexibility index (Phi) is 4.99. The van der Waals surface area contributed by atoms with Crippen LogP contribution < -0.4 is 5.43 Å². The molecule has 1 N–H and O–H groups in total. The van der Waals surface area contributed by atoms with Crippen molar-refractivity contribution in [3.8, 4) is 0 Å². The first-order chi connectivity index (χ1) is 10.1. The topological polar surface area (TPSA) is 54.4 Å². The van der Waals surface area contributed by atoms with Crippen molar-refractivity contribution in [2.24, 2.45) is 5.10 Å². The molecule has 1 heterocycles. The Hall–Kier alpha value is -2.75. The highest BCUT2D eigenvalue weighted by Crippen LogP contribution is 2.04. The summed E-state index contributed by atoms with van der Waals surface area (Å²) in [5.74, 6) is -0.272. The van der Waals surface area contributed by atoms with Gasteiger partial charge in [-0.25, -0.2) is 5.43 Å². The second-order valence-electron chi connectivity index (χ2n) is 4.69. The molecule has 0 unspecified atom stereocenters. The first-order valence-corrected chi connectivity index (χ1v) is 6.64. The maximum atomic E-state index is 11.8. The Morgan fingerprint density at radius 2 is 1.95 bits per heavy atom. The normalized spacial score (nSPS) is 11.6. The number of pyridine rings is 1. The molecule has 21 heavy (non-hydrogen) atoms. The van der Waals surface area contributed by atoms with E-state index >= 15 is 0 Å². The molecule has 2 aromatic rings. The molecular formula is C17H17N3O. The third-order valence-electron chi connectivity index (χ3n) is 2.80. The second-order valence-corrected chi connectivity index (χ2v) is 4.69. The van der Waals surface area contributed by atoms with Gasteiger partial charge < -0.3 is 0 Å². The van der Waals surface area contributed by atoms with Crippen molar-refractivity contribution in [2.75, 3.05) is 0 Å². The SMILES string of the molecule is CC(C=NNC(=O)c1ccc(C)nc1)=Cc1ccccc1. The molecule has 0 bridgehead atoms. The molecule has 0 atom stereocenters. The van der Waals surface area contributed by atoms with Gasteiger partial charge in [-0.2, -0.15) is 5.10 Å². The van der Waals surface area contributed by atoms with Gasteiger partial charge in [0.05, 0.1) is 11.8 Å². The number of aromatic nitrogens is 1. The average Bonchev–Trinajstić information content (AvgIpc) is 2.49. The fourth-order valence-corrected chi connectivity index (χ4v) is 1.71. The number of rotatable bonds is 4. The third kappa shape index (κ3) is 4.69. The largest absolute Gasteiger partial charge is 0.272 e. The standard InChI is InChI=1S/C17H17N3O/c1-13(10-15-6-4-3-5-7-15)11-19-20-17(21)16-9-8-14(2)18-12-16/h3-12H,1-2H3,(H,20,21). The number of hydrogen-bond acceptors (Lipinski definition) is 3. The summed E-state index contributed by atoms with van der Waals surface area (Å²) < 4.78 is 0. The van der Waals surface area contributed by atoms with Crippen molar-refractivity contribution in [3.05, 3.63) is 71.1 Å². The molecule has 2 rings (SSSR count). The predicted octanol–water partition coefficient (Wildman–Crippen LogP) is 3.21. The molecule has 1 amide bonds. The zero-order valence-corrected chi connectivity index (χ0v) is 12.1. The lowest BCUT2D eigenvalue weighted by Gasteiger charge is -2.00. The van der Waals surface area contributed by atoms with Gasteiger partial charge in [-0.15, -0.1) is 0 Å². The van der Waals surface area contributed by atoms with Gasteiger partial charge in [-0.3, -0.25) is 9.78 Å². The zero-order chi connectivity index (χ0) is 15.1. The van der Waals surface area contributed by atoms with Crippen molar-refractivity contribution < 1.29 is 4.79 Å². The van der Waals surface area contributed by atoms with E-state index < -0.39 is 0 Å². The average molecular weight is 279 g/mol. The van der Waals surface area contributed by atoms with Crippen LogP contribution in [-0.4, -0.2) is 17.1 Å². The number of nitrogens with zero attached hydrogens (tertiary/aromatic N) is 2. The lowest BCUT2D eigenvalue weighted by atomic mass is 10.1. The maximum Gasteiger partial charge on any atom is 0.272 e. The van der Waals surface area contributed by atoms with Crippen LogP contribution in [0.4, 0.5) is 0 Å². The second kappa shape index (κ2) is 7.14. The lowest BCUT2D eigenvalue weighted by Crippen LogP contribution is -2.17. The first-order valence-electron chi connectivity index (χ1n) is 6.64. The van der Waals surface area contributed by atoms with E-state index in [-0.39, 0.29) is 5.91 Å². The van der Waals surface area contributed by atoms with Gasteiger partial charge in [-0.05, 0) is 37.1 Å². The van der Waals surface area contributed by atoms with Gasteiger partial charge in [0.25, 0.3) is 5.91 Å². The molecule has 1 aromatic heterocycles. The van der Waals surface area contributed by atoms with Gasteiger partial charge in [0, 0.05) is 11.9 Å². The van der Waals surface area contributed by atoms with Crippen LogP contribution in [0.1, 0.15) is 28.5 Å². The summed E-state index contributed by atoms with van der Waals surface area (Å²) in [6.45, 7) is 3.80. The molecule has 4 nitrogen and oxygen atoms in total. The summed E-state index contributed by atoms with van der Waals surface area (Å²) in [4.78, 5) is 15.9. The Labute approximate surface area is 124 Å². The fourth-order valence-electron chi connectivity index (χ4n) is 1.71. The van der Waals surface area contributed by atoms with Crippen LogP contribution in [0.5, 0.6) is 0 Å². The molecule has 1 aromatic carbocycles. The molecule has 0 saturated heterocycles. The molecule has 0 saturated carbocycles. The number of nitrogens with one attached hydrogen (secondary N) is 1.